The van der Waals surface area contributed by atoms with Gasteiger partial charge in [0.05, 0.1) is 0 Å². The Morgan fingerprint density at radius 2 is 1.93 bits per heavy atom. The molecule has 2 unspecified atom stereocenters. The van der Waals surface area contributed by atoms with E-state index in [9.17, 15) is 4.79 Å². The Morgan fingerprint density at radius 3 is 2.40 bits per heavy atom. The van der Waals surface area contributed by atoms with Crippen LogP contribution in [0, 0.1) is 0 Å². The Balaban J connectivity index is 2.67. The fourth-order valence-corrected chi connectivity index (χ4v) is 9.80. The molecule has 0 saturated heterocycles. The van der Waals surface area contributed by atoms with Crippen molar-refractivity contribution in [3.63, 3.8) is 0 Å². The quantitative estimate of drug-likeness (QED) is 0.735. The number of ether oxygens (including phenoxy) is 2. The molecule has 84 valence electrons. The minimum absolute atomic E-state index is 0.0358. The van der Waals surface area contributed by atoms with Crippen molar-refractivity contribution in [2.45, 2.75) is 40.8 Å². The molecule has 3 nitrogen and oxygen atoms in total. The minimum atomic E-state index is -2.44. The van der Waals surface area contributed by atoms with Crippen molar-refractivity contribution in [2.24, 2.45) is 0 Å². The van der Waals surface area contributed by atoms with Gasteiger partial charge in [-0.1, -0.05) is 0 Å². The summed E-state index contributed by atoms with van der Waals surface area (Å²) in [5.74, 6) is 0. The van der Waals surface area contributed by atoms with E-state index in [1.807, 2.05) is 26.8 Å². The molecule has 0 aromatic carbocycles. The maximum atomic E-state index is 12.0. The summed E-state index contributed by atoms with van der Waals surface area (Å²) in [4.78, 5) is 12.0. The van der Waals surface area contributed by atoms with E-state index in [1.54, 1.807) is 7.11 Å². The van der Waals surface area contributed by atoms with Gasteiger partial charge in [-0.2, -0.15) is 0 Å². The summed E-state index contributed by atoms with van der Waals surface area (Å²) in [7, 11) is 1.67. The van der Waals surface area contributed by atoms with E-state index in [-0.39, 0.29) is 13.2 Å². The first-order valence-electron chi connectivity index (χ1n) is 5.29. The number of rotatable bonds is 2. The van der Waals surface area contributed by atoms with Crippen LogP contribution in [0.2, 0.25) is 3.67 Å². The van der Waals surface area contributed by atoms with E-state index in [0.717, 1.165) is 0 Å². The van der Waals surface area contributed by atoms with Gasteiger partial charge in [0.15, 0.2) is 0 Å². The first kappa shape index (κ1) is 13.1. The number of methoxy groups -OCH3 is 1. The van der Waals surface area contributed by atoms with E-state index in [4.69, 9.17) is 9.47 Å². The Bertz CT molecular complexity index is 267. The van der Waals surface area contributed by atoms with Gasteiger partial charge in [0.2, 0.25) is 0 Å². The molecule has 1 aliphatic heterocycles. The van der Waals surface area contributed by atoms with Crippen LogP contribution in [-0.4, -0.2) is 41.7 Å². The second-order valence-electron chi connectivity index (χ2n) is 5.00. The monoisotopic (exact) mass is 314 g/mol. The molecule has 1 aliphatic rings. The standard InChI is InChI=1S/C6H10O.C5H9O2.In/c1-3-4-5-6-7-2;1-5(2,3)7-4-6;/h3-6H,1-2H3;1-3H3;. The Kier molecular flexibility index (Phi) is 4.29. The summed E-state index contributed by atoms with van der Waals surface area (Å²) in [6, 6.07) is 0. The van der Waals surface area contributed by atoms with Gasteiger partial charge in [0.1, 0.15) is 0 Å². The Morgan fingerprint density at radius 1 is 1.33 bits per heavy atom. The molecule has 0 spiro atoms. The van der Waals surface area contributed by atoms with Gasteiger partial charge >= 0.3 is 99.5 Å². The van der Waals surface area contributed by atoms with Gasteiger partial charge in [0.25, 0.3) is 0 Å². The van der Waals surface area contributed by atoms with E-state index in [2.05, 4.69) is 13.0 Å². The predicted octanol–water partition coefficient (Wildman–Crippen LogP) is 2.51. The Labute approximate surface area is 99.4 Å². The van der Waals surface area contributed by atoms with E-state index in [0.29, 0.717) is 3.67 Å². The number of carbonyl (C=O) groups excluding carboxylic acids is 1. The van der Waals surface area contributed by atoms with Crippen molar-refractivity contribution < 1.29 is 14.3 Å². The van der Waals surface area contributed by atoms with Crippen LogP contribution in [0.1, 0.15) is 27.7 Å². The van der Waals surface area contributed by atoms with Gasteiger partial charge in [0, 0.05) is 0 Å². The summed E-state index contributed by atoms with van der Waals surface area (Å²) < 4.78 is 11.3. The fraction of sp³-hybridized carbons (Fsp3) is 0.727. The molecule has 1 heterocycles. The van der Waals surface area contributed by atoms with Crippen molar-refractivity contribution in [3.05, 3.63) is 12.2 Å². The fourth-order valence-electron chi connectivity index (χ4n) is 1.77. The molecule has 0 bridgehead atoms. The molecule has 0 aliphatic carbocycles. The third-order valence-electron chi connectivity index (χ3n) is 2.48. The topological polar surface area (TPSA) is 35.5 Å². The molecule has 2 atom stereocenters. The van der Waals surface area contributed by atoms with Crippen LogP contribution in [0.5, 0.6) is 0 Å². The second kappa shape index (κ2) is 4.91. The number of allylic oxidation sites excluding steroid dienone is 1. The van der Waals surface area contributed by atoms with Crippen molar-refractivity contribution in [2.75, 3.05) is 7.11 Å². The van der Waals surface area contributed by atoms with E-state index < -0.39 is 21.4 Å². The number of hydrogen-bond acceptors (Lipinski definition) is 3. The van der Waals surface area contributed by atoms with Crippen LogP contribution < -0.4 is 0 Å². The molecule has 0 aromatic rings. The van der Waals surface area contributed by atoms with Crippen LogP contribution in [-0.2, 0) is 9.47 Å². The third kappa shape index (κ3) is 3.52. The molecule has 0 aromatic heterocycles. The molecular formula is C11H19InO3. The van der Waals surface area contributed by atoms with E-state index >= 15 is 0 Å². The van der Waals surface area contributed by atoms with Crippen LogP contribution in [0.4, 0.5) is 4.79 Å². The summed E-state index contributed by atoms with van der Waals surface area (Å²) in [5, 5.41) is 0. The molecule has 15 heavy (non-hydrogen) atoms. The maximum absolute atomic E-state index is 12.0. The van der Waals surface area contributed by atoms with Crippen molar-refractivity contribution in [1.82, 2.24) is 0 Å². The normalized spacial score (nSPS) is 25.8. The van der Waals surface area contributed by atoms with Gasteiger partial charge in [-0.3, -0.25) is 0 Å². The first-order chi connectivity index (χ1) is 6.85. The summed E-state index contributed by atoms with van der Waals surface area (Å²) in [6.45, 7) is 7.82. The summed E-state index contributed by atoms with van der Waals surface area (Å²) in [5.41, 5.74) is -0.380. The van der Waals surface area contributed by atoms with Gasteiger partial charge in [-0.15, -0.1) is 0 Å². The first-order valence-corrected chi connectivity index (χ1v) is 10.7. The third-order valence-corrected chi connectivity index (χ3v) is 11.7. The summed E-state index contributed by atoms with van der Waals surface area (Å²) >= 11 is -2.44. The summed E-state index contributed by atoms with van der Waals surface area (Å²) in [6.07, 6.45) is 4.12. The molecule has 0 amide bonds. The molecule has 4 heteroatoms. The molecule has 0 fully saturated rings. The van der Waals surface area contributed by atoms with Crippen molar-refractivity contribution in [3.8, 4) is 0 Å². The zero-order chi connectivity index (χ0) is 11.6. The predicted molar refractivity (Wildman–Crippen MR) is 61.3 cm³/mol. The van der Waals surface area contributed by atoms with Gasteiger partial charge < -0.3 is 0 Å². The van der Waals surface area contributed by atoms with Crippen LogP contribution in [0.15, 0.2) is 12.2 Å². The zero-order valence-corrected chi connectivity index (χ0v) is 13.4. The van der Waals surface area contributed by atoms with Gasteiger partial charge in [-0.05, 0) is 0 Å². The second-order valence-corrected chi connectivity index (χ2v) is 14.2. The molecule has 0 N–H and O–H groups in total. The van der Waals surface area contributed by atoms with Crippen LogP contribution in [0.25, 0.3) is 0 Å². The molecule has 0 radical (unpaired) electrons. The van der Waals surface area contributed by atoms with Gasteiger partial charge in [-0.25, -0.2) is 0 Å². The van der Waals surface area contributed by atoms with E-state index in [1.165, 1.54) is 0 Å². The number of carbonyl (C=O) groups is 1. The molecule has 0 saturated carbocycles. The average molecular weight is 314 g/mol. The zero-order valence-electron chi connectivity index (χ0n) is 10.1. The van der Waals surface area contributed by atoms with Crippen molar-refractivity contribution >= 4 is 25.2 Å². The van der Waals surface area contributed by atoms with Crippen molar-refractivity contribution in [1.29, 1.82) is 0 Å². The average Bonchev–Trinajstić information content (AvgIpc) is 2.43. The molecular weight excluding hydrogens is 295 g/mol. The number of hydrogen-bond donors (Lipinski definition) is 0. The SMILES string of the molecule is CO[CH]1C=C[CH](C)[In]1[C](=O)OC(C)(C)C. The van der Waals surface area contributed by atoms with Crippen LogP contribution in [0.3, 0.4) is 0 Å². The Hall–Kier alpha value is 0.0401. The van der Waals surface area contributed by atoms with Crippen LogP contribution >= 0.6 is 0 Å². The molecule has 1 rings (SSSR count).